The van der Waals surface area contributed by atoms with Gasteiger partial charge in [0.1, 0.15) is 12.2 Å². The standard InChI is InChI=1S/C19H25NO4/c1-19(2,3)24-18(22)20-14-9-10-16(20)15(11-14)17(21)23-12-13-7-5-4-6-8-13/h4-8,14-16H,9-12H2,1-3H3. The zero-order valence-corrected chi connectivity index (χ0v) is 14.5. The summed E-state index contributed by atoms with van der Waals surface area (Å²) < 4.78 is 11.0. The Hall–Kier alpha value is -2.04. The van der Waals surface area contributed by atoms with Crippen LogP contribution in [-0.2, 0) is 20.9 Å². The molecule has 130 valence electrons. The SMILES string of the molecule is CC(C)(C)OC(=O)N1C2CCC1C(C(=O)OCc1ccccc1)C2. The number of carbonyl (C=O) groups is 2. The maximum Gasteiger partial charge on any atom is 0.410 e. The molecule has 0 N–H and O–H groups in total. The third-order valence-corrected chi connectivity index (χ3v) is 4.67. The molecule has 0 spiro atoms. The molecular formula is C19H25NO4. The lowest BCUT2D eigenvalue weighted by Gasteiger charge is -2.28. The zero-order valence-electron chi connectivity index (χ0n) is 14.5. The minimum atomic E-state index is -0.525. The van der Waals surface area contributed by atoms with E-state index in [4.69, 9.17) is 9.47 Å². The number of esters is 1. The maximum atomic E-state index is 12.5. The van der Waals surface area contributed by atoms with Crippen LogP contribution in [0.5, 0.6) is 0 Å². The largest absolute Gasteiger partial charge is 0.461 e. The van der Waals surface area contributed by atoms with Gasteiger partial charge in [0, 0.05) is 12.1 Å². The van der Waals surface area contributed by atoms with Crippen LogP contribution in [0.1, 0.15) is 45.6 Å². The summed E-state index contributed by atoms with van der Waals surface area (Å²) in [4.78, 5) is 26.6. The van der Waals surface area contributed by atoms with E-state index >= 15 is 0 Å². The summed E-state index contributed by atoms with van der Waals surface area (Å²) in [6.45, 7) is 5.84. The highest BCUT2D eigenvalue weighted by molar-refractivity contribution is 5.77. The summed E-state index contributed by atoms with van der Waals surface area (Å²) in [5, 5.41) is 0. The average Bonchev–Trinajstić information content (AvgIpc) is 3.10. The van der Waals surface area contributed by atoms with Crippen molar-refractivity contribution in [2.45, 2.75) is 64.3 Å². The third kappa shape index (κ3) is 3.55. The monoisotopic (exact) mass is 331 g/mol. The molecule has 0 saturated carbocycles. The minimum Gasteiger partial charge on any atom is -0.461 e. The second kappa shape index (κ2) is 6.46. The molecule has 2 saturated heterocycles. The number of ether oxygens (including phenoxy) is 2. The number of hydrogen-bond acceptors (Lipinski definition) is 4. The van der Waals surface area contributed by atoms with Crippen LogP contribution in [0.25, 0.3) is 0 Å². The summed E-state index contributed by atoms with van der Waals surface area (Å²) >= 11 is 0. The van der Waals surface area contributed by atoms with Gasteiger partial charge in [0.25, 0.3) is 0 Å². The number of rotatable bonds is 3. The van der Waals surface area contributed by atoms with E-state index in [1.165, 1.54) is 0 Å². The second-order valence-electron chi connectivity index (χ2n) is 7.62. The first kappa shape index (κ1) is 16.8. The Kier molecular flexibility index (Phi) is 4.52. The van der Waals surface area contributed by atoms with Crippen LogP contribution >= 0.6 is 0 Å². The van der Waals surface area contributed by atoms with Crippen molar-refractivity contribution in [1.29, 1.82) is 0 Å². The number of nitrogens with zero attached hydrogens (tertiary/aromatic N) is 1. The molecule has 3 atom stereocenters. The Morgan fingerprint density at radius 1 is 1.17 bits per heavy atom. The summed E-state index contributed by atoms with van der Waals surface area (Å²) in [6, 6.07) is 9.64. The minimum absolute atomic E-state index is 0.0897. The zero-order chi connectivity index (χ0) is 17.3. The molecule has 1 aromatic rings. The van der Waals surface area contributed by atoms with Crippen LogP contribution in [0.4, 0.5) is 4.79 Å². The lowest BCUT2D eigenvalue weighted by molar-refractivity contribution is -0.150. The predicted octanol–water partition coefficient (Wildman–Crippen LogP) is 3.52. The average molecular weight is 331 g/mol. The maximum absolute atomic E-state index is 12.5. The molecule has 0 aromatic heterocycles. The highest BCUT2D eigenvalue weighted by Crippen LogP contribution is 2.43. The number of amides is 1. The first-order chi connectivity index (χ1) is 11.3. The van der Waals surface area contributed by atoms with E-state index in [1.54, 1.807) is 4.90 Å². The van der Waals surface area contributed by atoms with E-state index in [9.17, 15) is 9.59 Å². The van der Waals surface area contributed by atoms with Crippen molar-refractivity contribution in [1.82, 2.24) is 4.90 Å². The highest BCUT2D eigenvalue weighted by Gasteiger charge is 2.52. The van der Waals surface area contributed by atoms with Gasteiger partial charge < -0.3 is 14.4 Å². The van der Waals surface area contributed by atoms with Gasteiger partial charge in [-0.25, -0.2) is 4.79 Å². The molecule has 24 heavy (non-hydrogen) atoms. The van der Waals surface area contributed by atoms with Crippen molar-refractivity contribution < 1.29 is 19.1 Å². The Morgan fingerprint density at radius 3 is 2.54 bits per heavy atom. The number of hydrogen-bond donors (Lipinski definition) is 0. The molecular weight excluding hydrogens is 306 g/mol. The number of fused-ring (bicyclic) bond motifs is 2. The molecule has 2 fully saturated rings. The van der Waals surface area contributed by atoms with E-state index < -0.39 is 5.60 Å². The topological polar surface area (TPSA) is 55.8 Å². The molecule has 5 heteroatoms. The van der Waals surface area contributed by atoms with E-state index in [2.05, 4.69) is 0 Å². The fourth-order valence-electron chi connectivity index (χ4n) is 3.68. The van der Waals surface area contributed by atoms with Crippen LogP contribution in [0, 0.1) is 5.92 Å². The van der Waals surface area contributed by atoms with Crippen molar-refractivity contribution >= 4 is 12.1 Å². The predicted molar refractivity (Wildman–Crippen MR) is 89.2 cm³/mol. The molecule has 2 aliphatic rings. The quantitative estimate of drug-likeness (QED) is 0.795. The smallest absolute Gasteiger partial charge is 0.410 e. The summed E-state index contributed by atoms with van der Waals surface area (Å²) in [6.07, 6.45) is 2.15. The van der Waals surface area contributed by atoms with Gasteiger partial charge in [-0.05, 0) is 45.6 Å². The van der Waals surface area contributed by atoms with Gasteiger partial charge in [-0.1, -0.05) is 30.3 Å². The molecule has 1 amide bonds. The van der Waals surface area contributed by atoms with Gasteiger partial charge in [-0.2, -0.15) is 0 Å². The molecule has 0 radical (unpaired) electrons. The molecule has 3 unspecified atom stereocenters. The normalized spacial score (nSPS) is 25.6. The van der Waals surface area contributed by atoms with Gasteiger partial charge in [-0.15, -0.1) is 0 Å². The van der Waals surface area contributed by atoms with Crippen molar-refractivity contribution in [3.63, 3.8) is 0 Å². The summed E-state index contributed by atoms with van der Waals surface area (Å²) in [5.41, 5.74) is 0.445. The van der Waals surface area contributed by atoms with Gasteiger partial charge in [-0.3, -0.25) is 4.79 Å². The Bertz CT molecular complexity index is 608. The lowest BCUT2D eigenvalue weighted by atomic mass is 9.89. The molecule has 2 aliphatic heterocycles. The summed E-state index contributed by atoms with van der Waals surface area (Å²) in [5.74, 6) is -0.445. The van der Waals surface area contributed by atoms with Crippen LogP contribution in [-0.4, -0.2) is 34.6 Å². The van der Waals surface area contributed by atoms with Gasteiger partial charge >= 0.3 is 12.1 Å². The fourth-order valence-corrected chi connectivity index (χ4v) is 3.68. The fraction of sp³-hybridized carbons (Fsp3) is 0.579. The first-order valence-corrected chi connectivity index (χ1v) is 8.57. The Balaban J connectivity index is 1.60. The van der Waals surface area contributed by atoms with Crippen molar-refractivity contribution in [2.75, 3.05) is 0 Å². The van der Waals surface area contributed by atoms with Crippen LogP contribution in [0.3, 0.4) is 0 Å². The van der Waals surface area contributed by atoms with Crippen molar-refractivity contribution in [2.24, 2.45) is 5.92 Å². The van der Waals surface area contributed by atoms with E-state index in [0.717, 1.165) is 18.4 Å². The van der Waals surface area contributed by atoms with E-state index in [0.29, 0.717) is 6.42 Å². The highest BCUT2D eigenvalue weighted by atomic mass is 16.6. The van der Waals surface area contributed by atoms with Crippen molar-refractivity contribution in [3.05, 3.63) is 35.9 Å². The molecule has 5 nitrogen and oxygen atoms in total. The molecule has 1 aromatic carbocycles. The van der Waals surface area contributed by atoms with Gasteiger partial charge in [0.05, 0.1) is 5.92 Å². The first-order valence-electron chi connectivity index (χ1n) is 8.57. The van der Waals surface area contributed by atoms with Crippen LogP contribution in [0.2, 0.25) is 0 Å². The second-order valence-corrected chi connectivity index (χ2v) is 7.62. The van der Waals surface area contributed by atoms with Gasteiger partial charge in [0.15, 0.2) is 0 Å². The van der Waals surface area contributed by atoms with Gasteiger partial charge in [0.2, 0.25) is 0 Å². The van der Waals surface area contributed by atoms with Crippen LogP contribution < -0.4 is 0 Å². The number of benzene rings is 1. The van der Waals surface area contributed by atoms with E-state index in [-0.39, 0.29) is 36.7 Å². The molecule has 2 bridgehead atoms. The molecule has 0 aliphatic carbocycles. The Labute approximate surface area is 142 Å². The number of carbonyl (C=O) groups excluding carboxylic acids is 2. The van der Waals surface area contributed by atoms with E-state index in [1.807, 2.05) is 51.1 Å². The molecule has 2 heterocycles. The summed E-state index contributed by atoms with van der Waals surface area (Å²) in [7, 11) is 0. The van der Waals surface area contributed by atoms with Crippen LogP contribution in [0.15, 0.2) is 30.3 Å². The lowest BCUT2D eigenvalue weighted by Crippen LogP contribution is -2.41. The third-order valence-electron chi connectivity index (χ3n) is 4.67. The Morgan fingerprint density at radius 2 is 1.88 bits per heavy atom. The molecule has 3 rings (SSSR count). The van der Waals surface area contributed by atoms with Crippen molar-refractivity contribution in [3.8, 4) is 0 Å².